The molecule has 2 heterocycles. The molecular formula is C18H26F2N4O5. The van der Waals surface area contributed by atoms with E-state index in [2.05, 4.69) is 5.10 Å². The summed E-state index contributed by atoms with van der Waals surface area (Å²) in [6, 6.07) is 0.927. The number of piperazine rings is 1. The highest BCUT2D eigenvalue weighted by Gasteiger charge is 2.29. The van der Waals surface area contributed by atoms with E-state index in [1.165, 1.54) is 9.80 Å². The Labute approximate surface area is 167 Å². The van der Waals surface area contributed by atoms with Gasteiger partial charge in [0.1, 0.15) is 17.8 Å². The Bertz CT molecular complexity index is 752. The number of esters is 1. The fraction of sp³-hybridized carbons (Fsp3) is 0.667. The molecule has 2 amide bonds. The standard InChI is InChI=1S/C18H26F2N4O5/c1-5-28-16(26)12-10-13(15(19)20)24(21-12)11-14(25)22-6-8-23(9-7-22)17(27)29-18(2,3)4/h10,15H,5-9,11H2,1-4H3. The maximum atomic E-state index is 13.3. The second-order valence-electron chi connectivity index (χ2n) is 7.48. The zero-order chi connectivity index (χ0) is 21.8. The Morgan fingerprint density at radius 2 is 1.72 bits per heavy atom. The maximum Gasteiger partial charge on any atom is 0.410 e. The number of aromatic nitrogens is 2. The Hall–Kier alpha value is -2.72. The number of rotatable bonds is 5. The van der Waals surface area contributed by atoms with Crippen molar-refractivity contribution in [1.82, 2.24) is 19.6 Å². The van der Waals surface area contributed by atoms with E-state index in [1.807, 2.05) is 0 Å². The molecule has 0 atom stereocenters. The summed E-state index contributed by atoms with van der Waals surface area (Å²) in [5.74, 6) is -1.26. The molecule has 1 aliphatic heterocycles. The number of amides is 2. The van der Waals surface area contributed by atoms with Gasteiger partial charge in [0, 0.05) is 32.2 Å². The number of carbonyl (C=O) groups is 3. The van der Waals surface area contributed by atoms with Crippen LogP contribution in [0.4, 0.5) is 13.6 Å². The number of carbonyl (C=O) groups excluding carboxylic acids is 3. The van der Waals surface area contributed by atoms with Gasteiger partial charge in [0.25, 0.3) is 6.43 Å². The Morgan fingerprint density at radius 1 is 1.14 bits per heavy atom. The average molecular weight is 416 g/mol. The van der Waals surface area contributed by atoms with Crippen molar-refractivity contribution in [2.24, 2.45) is 0 Å². The minimum absolute atomic E-state index is 0.0799. The number of hydrogen-bond donors (Lipinski definition) is 0. The lowest BCUT2D eigenvalue weighted by atomic mass is 10.2. The van der Waals surface area contributed by atoms with Crippen LogP contribution in [0, 0.1) is 0 Å². The minimum atomic E-state index is -2.90. The quantitative estimate of drug-likeness (QED) is 0.683. The first-order chi connectivity index (χ1) is 13.5. The molecular weight excluding hydrogens is 390 g/mol. The maximum absolute atomic E-state index is 13.3. The summed E-state index contributed by atoms with van der Waals surface area (Å²) in [5, 5.41) is 3.80. The summed E-state index contributed by atoms with van der Waals surface area (Å²) < 4.78 is 37.4. The molecule has 11 heteroatoms. The molecule has 162 valence electrons. The van der Waals surface area contributed by atoms with Gasteiger partial charge in [-0.15, -0.1) is 0 Å². The van der Waals surface area contributed by atoms with E-state index in [0.717, 1.165) is 10.7 Å². The van der Waals surface area contributed by atoms with Crippen molar-refractivity contribution < 1.29 is 32.6 Å². The van der Waals surface area contributed by atoms with E-state index in [9.17, 15) is 23.2 Å². The first-order valence-corrected chi connectivity index (χ1v) is 9.30. The Balaban J connectivity index is 1.99. The van der Waals surface area contributed by atoms with Gasteiger partial charge in [-0.1, -0.05) is 0 Å². The SMILES string of the molecule is CCOC(=O)c1cc(C(F)F)n(CC(=O)N2CCN(C(=O)OC(C)(C)C)CC2)n1. The lowest BCUT2D eigenvalue weighted by Crippen LogP contribution is -2.52. The largest absolute Gasteiger partial charge is 0.461 e. The number of nitrogens with zero attached hydrogens (tertiary/aromatic N) is 4. The molecule has 0 radical (unpaired) electrons. The van der Waals surface area contributed by atoms with Gasteiger partial charge in [-0.05, 0) is 27.7 Å². The van der Waals surface area contributed by atoms with Gasteiger partial charge in [-0.3, -0.25) is 9.48 Å². The van der Waals surface area contributed by atoms with Crippen LogP contribution in [0.25, 0.3) is 0 Å². The average Bonchev–Trinajstić information content (AvgIpc) is 3.05. The Morgan fingerprint density at radius 3 is 2.24 bits per heavy atom. The first-order valence-electron chi connectivity index (χ1n) is 9.30. The third-order valence-corrected chi connectivity index (χ3v) is 4.09. The molecule has 0 bridgehead atoms. The highest BCUT2D eigenvalue weighted by Crippen LogP contribution is 2.21. The second-order valence-corrected chi connectivity index (χ2v) is 7.48. The lowest BCUT2D eigenvalue weighted by Gasteiger charge is -2.35. The van der Waals surface area contributed by atoms with Crippen molar-refractivity contribution in [3.05, 3.63) is 17.5 Å². The van der Waals surface area contributed by atoms with Gasteiger partial charge in [0.05, 0.1) is 6.61 Å². The number of alkyl halides is 2. The second kappa shape index (κ2) is 9.19. The van der Waals surface area contributed by atoms with Gasteiger partial charge in [0.15, 0.2) is 5.69 Å². The predicted octanol–water partition coefficient (Wildman–Crippen LogP) is 2.08. The molecule has 2 rings (SSSR count). The smallest absolute Gasteiger partial charge is 0.410 e. The third-order valence-electron chi connectivity index (χ3n) is 4.09. The molecule has 1 fully saturated rings. The van der Waals surface area contributed by atoms with Crippen LogP contribution in [0.2, 0.25) is 0 Å². The van der Waals surface area contributed by atoms with Crippen molar-refractivity contribution in [1.29, 1.82) is 0 Å². The molecule has 0 aliphatic carbocycles. The molecule has 1 aliphatic rings. The molecule has 9 nitrogen and oxygen atoms in total. The zero-order valence-electron chi connectivity index (χ0n) is 17.0. The summed E-state index contributed by atoms with van der Waals surface area (Å²) >= 11 is 0. The van der Waals surface area contributed by atoms with Crippen LogP contribution < -0.4 is 0 Å². The predicted molar refractivity (Wildman–Crippen MR) is 97.5 cm³/mol. The summed E-state index contributed by atoms with van der Waals surface area (Å²) in [6.45, 7) is 7.55. The van der Waals surface area contributed by atoms with Gasteiger partial charge < -0.3 is 19.3 Å². The first kappa shape index (κ1) is 22.6. The normalized spacial score (nSPS) is 14.9. The molecule has 0 saturated carbocycles. The summed E-state index contributed by atoms with van der Waals surface area (Å²) in [4.78, 5) is 39.3. The van der Waals surface area contributed by atoms with E-state index in [1.54, 1.807) is 27.7 Å². The van der Waals surface area contributed by atoms with Gasteiger partial charge in [-0.2, -0.15) is 5.10 Å². The van der Waals surface area contributed by atoms with Gasteiger partial charge in [0.2, 0.25) is 5.91 Å². The van der Waals surface area contributed by atoms with E-state index in [0.29, 0.717) is 0 Å². The van der Waals surface area contributed by atoms with Crippen molar-refractivity contribution in [3.8, 4) is 0 Å². The Kier molecular flexibility index (Phi) is 7.15. The number of halogens is 2. The van der Waals surface area contributed by atoms with Crippen LogP contribution in [0.1, 0.15) is 50.3 Å². The molecule has 0 unspecified atom stereocenters. The van der Waals surface area contributed by atoms with Gasteiger partial charge >= 0.3 is 12.1 Å². The lowest BCUT2D eigenvalue weighted by molar-refractivity contribution is -0.133. The topological polar surface area (TPSA) is 94.0 Å². The highest BCUT2D eigenvalue weighted by molar-refractivity contribution is 5.87. The van der Waals surface area contributed by atoms with Crippen LogP contribution in [-0.2, 0) is 20.8 Å². The number of ether oxygens (including phenoxy) is 2. The summed E-state index contributed by atoms with van der Waals surface area (Å²) in [6.07, 6.45) is -3.36. The van der Waals surface area contributed by atoms with E-state index < -0.39 is 42.2 Å². The fourth-order valence-electron chi connectivity index (χ4n) is 2.73. The fourth-order valence-corrected chi connectivity index (χ4v) is 2.73. The molecule has 0 N–H and O–H groups in total. The van der Waals surface area contributed by atoms with Crippen LogP contribution in [0.3, 0.4) is 0 Å². The van der Waals surface area contributed by atoms with E-state index in [-0.39, 0.29) is 38.5 Å². The number of hydrogen-bond acceptors (Lipinski definition) is 6. The van der Waals surface area contributed by atoms with E-state index in [4.69, 9.17) is 9.47 Å². The zero-order valence-corrected chi connectivity index (χ0v) is 17.0. The molecule has 1 saturated heterocycles. The highest BCUT2D eigenvalue weighted by atomic mass is 19.3. The molecule has 1 aromatic rings. The molecule has 29 heavy (non-hydrogen) atoms. The van der Waals surface area contributed by atoms with Crippen molar-refractivity contribution in [2.75, 3.05) is 32.8 Å². The third kappa shape index (κ3) is 6.13. The molecule has 0 spiro atoms. The van der Waals surface area contributed by atoms with Crippen LogP contribution in [0.15, 0.2) is 6.07 Å². The van der Waals surface area contributed by atoms with E-state index >= 15 is 0 Å². The summed E-state index contributed by atoms with van der Waals surface area (Å²) in [7, 11) is 0. The van der Waals surface area contributed by atoms with Crippen LogP contribution in [0.5, 0.6) is 0 Å². The van der Waals surface area contributed by atoms with Crippen LogP contribution >= 0.6 is 0 Å². The minimum Gasteiger partial charge on any atom is -0.461 e. The van der Waals surface area contributed by atoms with Gasteiger partial charge in [-0.25, -0.2) is 18.4 Å². The van der Waals surface area contributed by atoms with Crippen molar-refractivity contribution in [2.45, 2.75) is 46.3 Å². The van der Waals surface area contributed by atoms with Crippen LogP contribution in [-0.4, -0.2) is 75.9 Å². The summed E-state index contributed by atoms with van der Waals surface area (Å²) in [5.41, 5.74) is -1.43. The van der Waals surface area contributed by atoms with Crippen molar-refractivity contribution >= 4 is 18.0 Å². The molecule has 1 aromatic heterocycles. The molecule has 0 aromatic carbocycles. The van der Waals surface area contributed by atoms with Crippen molar-refractivity contribution in [3.63, 3.8) is 0 Å². The monoisotopic (exact) mass is 416 g/mol.